The average Bonchev–Trinajstić information content (AvgIpc) is 1.38. The normalized spacial score (nSPS) is 4.71. The van der Waals surface area contributed by atoms with Crippen molar-refractivity contribution in [2.45, 2.75) is 0 Å². The molecule has 0 heterocycles. The van der Waals surface area contributed by atoms with Gasteiger partial charge in [0.15, 0.2) is 0 Å². The second-order valence-electron chi connectivity index (χ2n) is 0.305. The van der Waals surface area contributed by atoms with Crippen molar-refractivity contribution in [3.63, 3.8) is 0 Å². The van der Waals surface area contributed by atoms with Gasteiger partial charge < -0.3 is 5.48 Å². The van der Waals surface area contributed by atoms with E-state index in [2.05, 4.69) is 4.99 Å². The zero-order chi connectivity index (χ0) is 4.28. The van der Waals surface area contributed by atoms with Crippen LogP contribution in [-0.4, -0.2) is 15.8 Å². The molecule has 0 fully saturated rings. The molecule has 0 rings (SSSR count). The van der Waals surface area contributed by atoms with Gasteiger partial charge >= 0.3 is 22.2 Å². The molecule has 0 aliphatic carbocycles. The van der Waals surface area contributed by atoms with Gasteiger partial charge in [-0.2, -0.15) is 0 Å². The maximum absolute atomic E-state index is 8.70. The third-order valence-corrected chi connectivity index (χ3v) is 0.0667. The number of hydrogen-bond acceptors (Lipinski definition) is 4. The van der Waals surface area contributed by atoms with E-state index < -0.39 is 5.09 Å². The molecule has 0 amide bonds. The SMILES string of the molecule is O.O=[N+]([O-])OO.[Cu+2]. The summed E-state index contributed by atoms with van der Waals surface area (Å²) in [5.41, 5.74) is 0. The maximum atomic E-state index is 8.70. The van der Waals surface area contributed by atoms with Crippen molar-refractivity contribution < 1.29 is 37.9 Å². The van der Waals surface area contributed by atoms with Crippen molar-refractivity contribution in [2.24, 2.45) is 0 Å². The van der Waals surface area contributed by atoms with Gasteiger partial charge in [-0.05, 0) is 0 Å². The van der Waals surface area contributed by atoms with Gasteiger partial charge in [-0.3, -0.25) is 0 Å². The molecule has 0 aliphatic rings. The fourth-order valence-electron chi connectivity index (χ4n) is 0. The predicted octanol–water partition coefficient (Wildman–Crippen LogP) is -1.16. The molecule has 0 atom stereocenters. The third kappa shape index (κ3) is 27.8. The van der Waals surface area contributed by atoms with Crippen LogP contribution in [0.2, 0.25) is 0 Å². The molecule has 0 unspecified atom stereocenters. The van der Waals surface area contributed by atoms with Crippen molar-refractivity contribution in [2.75, 3.05) is 0 Å². The maximum Gasteiger partial charge on any atom is 2.00 e. The van der Waals surface area contributed by atoms with Crippen molar-refractivity contribution >= 4 is 0 Å². The number of rotatable bonds is 1. The van der Waals surface area contributed by atoms with Gasteiger partial charge in [0.2, 0.25) is 0 Å². The van der Waals surface area contributed by atoms with Gasteiger partial charge in [-0.15, -0.1) is 15.1 Å². The molecular formula is H3CuNO5+2. The van der Waals surface area contributed by atoms with E-state index in [9.17, 15) is 0 Å². The average molecular weight is 161 g/mol. The molecule has 0 saturated heterocycles. The van der Waals surface area contributed by atoms with E-state index in [0.29, 0.717) is 0 Å². The second-order valence-corrected chi connectivity index (χ2v) is 0.305. The molecule has 0 aromatic heterocycles. The van der Waals surface area contributed by atoms with E-state index in [1.807, 2.05) is 0 Å². The Morgan fingerprint density at radius 1 is 1.71 bits per heavy atom. The van der Waals surface area contributed by atoms with Crippen molar-refractivity contribution in [1.29, 1.82) is 0 Å². The first-order valence-corrected chi connectivity index (χ1v) is 0.730. The number of nitrogens with zero attached hydrogens (tertiary/aromatic N) is 1. The van der Waals surface area contributed by atoms with Crippen LogP contribution in [0.4, 0.5) is 0 Å². The van der Waals surface area contributed by atoms with E-state index in [1.165, 1.54) is 0 Å². The van der Waals surface area contributed by atoms with E-state index in [0.717, 1.165) is 0 Å². The zero-order valence-electron chi connectivity index (χ0n) is 2.92. The van der Waals surface area contributed by atoms with Crippen LogP contribution in [0.3, 0.4) is 0 Å². The third-order valence-electron chi connectivity index (χ3n) is 0.0667. The fraction of sp³-hybridized carbons (Fsp3) is 0. The summed E-state index contributed by atoms with van der Waals surface area (Å²) < 4.78 is 0. The molecule has 1 radical (unpaired) electrons. The Morgan fingerprint density at radius 2 is 1.86 bits per heavy atom. The summed E-state index contributed by atoms with van der Waals surface area (Å²) in [4.78, 5) is 11.2. The van der Waals surface area contributed by atoms with Crippen molar-refractivity contribution in [3.05, 3.63) is 10.1 Å². The van der Waals surface area contributed by atoms with Gasteiger partial charge in [-0.1, -0.05) is 0 Å². The molecule has 6 nitrogen and oxygen atoms in total. The molecule has 0 aliphatic heterocycles. The molecule has 0 saturated carbocycles. The van der Waals surface area contributed by atoms with Gasteiger partial charge in [0.25, 0.3) is 0 Å². The Hall–Kier alpha value is -0.361. The van der Waals surface area contributed by atoms with Crippen LogP contribution in [0.25, 0.3) is 0 Å². The Morgan fingerprint density at radius 3 is 1.86 bits per heavy atom. The summed E-state index contributed by atoms with van der Waals surface area (Å²) in [6.45, 7) is 0. The molecule has 0 bridgehead atoms. The Kier molecular flexibility index (Phi) is 20.9. The monoisotopic (exact) mass is 160 g/mol. The smallest absolute Gasteiger partial charge is 0.412 e. The van der Waals surface area contributed by atoms with Gasteiger partial charge in [0.05, 0.1) is 0 Å². The van der Waals surface area contributed by atoms with E-state index in [4.69, 9.17) is 15.4 Å². The molecular weight excluding hydrogens is 158 g/mol. The minimum Gasteiger partial charge on any atom is -0.412 e. The van der Waals surface area contributed by atoms with Crippen LogP contribution in [-0.2, 0) is 22.1 Å². The van der Waals surface area contributed by atoms with Crippen LogP contribution < -0.4 is 0 Å². The standard InChI is InChI=1S/Cu.HNO4.H2O/c;2-1(3)5-4;/h;4H;1H2/q+2;;. The number of hydrogen-bond donors (Lipinski definition) is 1. The first-order valence-electron chi connectivity index (χ1n) is 0.730. The molecule has 0 aromatic rings. The van der Waals surface area contributed by atoms with Crippen LogP contribution in [0.1, 0.15) is 0 Å². The van der Waals surface area contributed by atoms with Gasteiger partial charge in [0, 0.05) is 0 Å². The van der Waals surface area contributed by atoms with Crippen LogP contribution in [0.15, 0.2) is 0 Å². The molecule has 47 valence electrons. The topological polar surface area (TPSA) is 104 Å². The first kappa shape index (κ1) is 15.9. The quantitative estimate of drug-likeness (QED) is 0.226. The minimum absolute atomic E-state index is 0. The van der Waals surface area contributed by atoms with E-state index >= 15 is 0 Å². The van der Waals surface area contributed by atoms with Crippen molar-refractivity contribution in [3.8, 4) is 0 Å². The molecule has 0 aromatic carbocycles. The Bertz CT molecular complexity index is 43.3. The summed E-state index contributed by atoms with van der Waals surface area (Å²) in [5, 5.41) is 14.3. The molecule has 7 heavy (non-hydrogen) atoms. The van der Waals surface area contributed by atoms with Gasteiger partial charge in [-0.25, -0.2) is 5.26 Å². The first-order chi connectivity index (χ1) is 2.27. The summed E-state index contributed by atoms with van der Waals surface area (Å²) in [6.07, 6.45) is 0. The molecule has 3 N–H and O–H groups in total. The largest absolute Gasteiger partial charge is 2.00 e. The second kappa shape index (κ2) is 9.16. The van der Waals surface area contributed by atoms with Crippen LogP contribution in [0, 0.1) is 10.1 Å². The Labute approximate surface area is 48.9 Å². The van der Waals surface area contributed by atoms with E-state index in [-0.39, 0.29) is 22.5 Å². The Balaban J connectivity index is -0.0000000800. The predicted molar refractivity (Wildman–Crippen MR) is 14.3 cm³/mol. The van der Waals surface area contributed by atoms with Gasteiger partial charge in [0.1, 0.15) is 0 Å². The summed E-state index contributed by atoms with van der Waals surface area (Å²) in [5.74, 6) is 0. The fourth-order valence-corrected chi connectivity index (χ4v) is 0. The summed E-state index contributed by atoms with van der Waals surface area (Å²) in [7, 11) is 0. The minimum atomic E-state index is -1.32. The summed E-state index contributed by atoms with van der Waals surface area (Å²) >= 11 is 0. The molecule has 7 heteroatoms. The zero-order valence-corrected chi connectivity index (χ0v) is 3.86. The van der Waals surface area contributed by atoms with E-state index in [1.54, 1.807) is 0 Å². The van der Waals surface area contributed by atoms with Crippen LogP contribution in [0.5, 0.6) is 0 Å². The molecule has 0 spiro atoms. The van der Waals surface area contributed by atoms with Crippen LogP contribution >= 0.6 is 0 Å². The van der Waals surface area contributed by atoms with Crippen molar-refractivity contribution in [1.82, 2.24) is 0 Å². The summed E-state index contributed by atoms with van der Waals surface area (Å²) in [6, 6.07) is 0.